The zero-order valence-corrected chi connectivity index (χ0v) is 15.3. The molecule has 0 aliphatic carbocycles. The van der Waals surface area contributed by atoms with Gasteiger partial charge in [0.15, 0.2) is 0 Å². The van der Waals surface area contributed by atoms with Crippen LogP contribution in [0.5, 0.6) is 11.6 Å². The van der Waals surface area contributed by atoms with E-state index < -0.39 is 0 Å². The van der Waals surface area contributed by atoms with Crippen molar-refractivity contribution in [1.82, 2.24) is 9.88 Å². The number of hydrogen-bond donors (Lipinski definition) is 1. The van der Waals surface area contributed by atoms with Crippen molar-refractivity contribution in [2.24, 2.45) is 0 Å². The van der Waals surface area contributed by atoms with E-state index >= 15 is 0 Å². The lowest BCUT2D eigenvalue weighted by Crippen LogP contribution is -2.34. The van der Waals surface area contributed by atoms with Crippen LogP contribution in [0.1, 0.15) is 24.4 Å². The van der Waals surface area contributed by atoms with E-state index in [1.165, 1.54) is 23.9 Å². The number of aromatic nitrogens is 1. The highest BCUT2D eigenvalue weighted by atomic mass is 32.1. The molecule has 7 heteroatoms. The van der Waals surface area contributed by atoms with E-state index in [0.717, 1.165) is 19.4 Å². The molecule has 1 aliphatic heterocycles. The number of amides is 2. The Morgan fingerprint density at radius 3 is 2.96 bits per heavy atom. The van der Waals surface area contributed by atoms with Crippen LogP contribution < -0.4 is 10.1 Å². The van der Waals surface area contributed by atoms with Crippen LogP contribution in [0.3, 0.4) is 0 Å². The number of pyridine rings is 1. The summed E-state index contributed by atoms with van der Waals surface area (Å²) >= 11 is 1.64. The van der Waals surface area contributed by atoms with Gasteiger partial charge in [-0.1, -0.05) is 6.07 Å². The smallest absolute Gasteiger partial charge is 0.322 e. The van der Waals surface area contributed by atoms with E-state index in [9.17, 15) is 9.18 Å². The number of thiophene rings is 1. The summed E-state index contributed by atoms with van der Waals surface area (Å²) in [6, 6.07) is 11.3. The fraction of sp³-hybridized carbons (Fsp3) is 0.200. The number of urea groups is 1. The molecule has 5 nitrogen and oxygen atoms in total. The molecule has 0 unspecified atom stereocenters. The van der Waals surface area contributed by atoms with Gasteiger partial charge in [0.25, 0.3) is 0 Å². The summed E-state index contributed by atoms with van der Waals surface area (Å²) in [5.74, 6) is 0.327. The summed E-state index contributed by atoms with van der Waals surface area (Å²) in [4.78, 5) is 18.7. The highest BCUT2D eigenvalue weighted by Gasteiger charge is 2.30. The summed E-state index contributed by atoms with van der Waals surface area (Å²) < 4.78 is 18.7. The Morgan fingerprint density at radius 2 is 2.22 bits per heavy atom. The van der Waals surface area contributed by atoms with Crippen molar-refractivity contribution in [2.75, 3.05) is 11.9 Å². The summed E-state index contributed by atoms with van der Waals surface area (Å²) in [5.41, 5.74) is 1.77. The molecule has 4 rings (SSSR count). The second kappa shape index (κ2) is 7.75. The average Bonchev–Trinajstić information content (AvgIpc) is 3.35. The lowest BCUT2D eigenvalue weighted by atomic mass is 10.1. The SMILES string of the molecule is O=C(Nc1ccc(Oc2cccc(F)c2)nc1)N1CCC[C@H]1c1ccsc1. The number of benzene rings is 1. The molecule has 3 aromatic rings. The first-order valence-electron chi connectivity index (χ1n) is 8.68. The van der Waals surface area contributed by atoms with Crippen LogP contribution in [0.2, 0.25) is 0 Å². The van der Waals surface area contributed by atoms with Crippen LogP contribution in [-0.2, 0) is 0 Å². The van der Waals surface area contributed by atoms with E-state index in [-0.39, 0.29) is 17.9 Å². The van der Waals surface area contributed by atoms with Gasteiger partial charge >= 0.3 is 6.03 Å². The van der Waals surface area contributed by atoms with Crippen molar-refractivity contribution in [1.29, 1.82) is 0 Å². The third kappa shape index (κ3) is 4.09. The number of likely N-dealkylation sites (tertiary alicyclic amines) is 1. The highest BCUT2D eigenvalue weighted by molar-refractivity contribution is 7.08. The summed E-state index contributed by atoms with van der Waals surface area (Å²) in [6.45, 7) is 0.737. The van der Waals surface area contributed by atoms with Gasteiger partial charge in [0.2, 0.25) is 5.88 Å². The molecule has 1 aromatic carbocycles. The Labute approximate surface area is 160 Å². The van der Waals surface area contributed by atoms with Crippen molar-refractivity contribution >= 4 is 23.1 Å². The van der Waals surface area contributed by atoms with Crippen molar-refractivity contribution < 1.29 is 13.9 Å². The number of rotatable bonds is 4. The summed E-state index contributed by atoms with van der Waals surface area (Å²) in [7, 11) is 0. The second-order valence-corrected chi connectivity index (χ2v) is 7.06. The largest absolute Gasteiger partial charge is 0.439 e. The second-order valence-electron chi connectivity index (χ2n) is 6.28. The van der Waals surface area contributed by atoms with E-state index in [1.54, 1.807) is 35.6 Å². The maximum atomic E-state index is 13.2. The number of carbonyl (C=O) groups excluding carboxylic acids is 1. The third-order valence-corrected chi connectivity index (χ3v) is 5.15. The molecular weight excluding hydrogens is 365 g/mol. The molecule has 0 bridgehead atoms. The topological polar surface area (TPSA) is 54.5 Å². The van der Waals surface area contributed by atoms with Gasteiger partial charge < -0.3 is 15.0 Å². The third-order valence-electron chi connectivity index (χ3n) is 4.45. The number of nitrogens with zero attached hydrogens (tertiary/aromatic N) is 2. The van der Waals surface area contributed by atoms with Crippen LogP contribution in [0, 0.1) is 5.82 Å². The van der Waals surface area contributed by atoms with E-state index in [1.807, 2.05) is 10.3 Å². The van der Waals surface area contributed by atoms with Gasteiger partial charge in [0.05, 0.1) is 17.9 Å². The average molecular weight is 383 g/mol. The molecule has 0 saturated carbocycles. The number of anilines is 1. The van der Waals surface area contributed by atoms with Gasteiger partial charge in [-0.2, -0.15) is 11.3 Å². The van der Waals surface area contributed by atoms with Gasteiger partial charge in [-0.05, 0) is 53.4 Å². The first-order chi connectivity index (χ1) is 13.2. The molecule has 138 valence electrons. The molecule has 1 saturated heterocycles. The number of ether oxygens (including phenoxy) is 1. The van der Waals surface area contributed by atoms with Gasteiger partial charge in [0, 0.05) is 18.7 Å². The van der Waals surface area contributed by atoms with Crippen molar-refractivity contribution in [3.05, 3.63) is 70.8 Å². The molecular formula is C20H18FN3O2S. The minimum Gasteiger partial charge on any atom is -0.439 e. The monoisotopic (exact) mass is 383 g/mol. The van der Waals surface area contributed by atoms with Gasteiger partial charge in [-0.3, -0.25) is 0 Å². The fourth-order valence-electron chi connectivity index (χ4n) is 3.18. The molecule has 2 aromatic heterocycles. The number of carbonyl (C=O) groups is 1. The summed E-state index contributed by atoms with van der Waals surface area (Å²) in [5, 5.41) is 7.01. The number of halogens is 1. The lowest BCUT2D eigenvalue weighted by molar-refractivity contribution is 0.207. The Kier molecular flexibility index (Phi) is 5.02. The first kappa shape index (κ1) is 17.5. The van der Waals surface area contributed by atoms with Crippen LogP contribution >= 0.6 is 11.3 Å². The molecule has 3 heterocycles. The molecule has 1 aliphatic rings. The minimum absolute atomic E-state index is 0.125. The van der Waals surface area contributed by atoms with Gasteiger partial charge in [0.1, 0.15) is 11.6 Å². The highest BCUT2D eigenvalue weighted by Crippen LogP contribution is 2.33. The quantitative estimate of drug-likeness (QED) is 0.652. The predicted molar refractivity (Wildman–Crippen MR) is 103 cm³/mol. The number of nitrogens with one attached hydrogen (secondary N) is 1. The molecule has 1 atom stereocenters. The standard InChI is InChI=1S/C20H18FN3O2S/c21-15-3-1-4-17(11-15)26-19-7-6-16(12-22-19)23-20(25)24-9-2-5-18(24)14-8-10-27-13-14/h1,3-4,6-8,10-13,18H,2,5,9H2,(H,23,25)/t18-/m0/s1. The van der Waals surface area contributed by atoms with Crippen LogP contribution in [0.4, 0.5) is 14.9 Å². The van der Waals surface area contributed by atoms with Crippen molar-refractivity contribution in [3.63, 3.8) is 0 Å². The lowest BCUT2D eigenvalue weighted by Gasteiger charge is -2.24. The van der Waals surface area contributed by atoms with Gasteiger partial charge in [-0.25, -0.2) is 14.2 Å². The number of hydrogen-bond acceptors (Lipinski definition) is 4. The molecule has 0 spiro atoms. The Morgan fingerprint density at radius 1 is 1.30 bits per heavy atom. The van der Waals surface area contributed by atoms with Crippen molar-refractivity contribution in [3.8, 4) is 11.6 Å². The zero-order valence-electron chi connectivity index (χ0n) is 14.5. The normalized spacial score (nSPS) is 16.3. The van der Waals surface area contributed by atoms with Gasteiger partial charge in [-0.15, -0.1) is 0 Å². The zero-order chi connectivity index (χ0) is 18.6. The summed E-state index contributed by atoms with van der Waals surface area (Å²) in [6.07, 6.45) is 3.50. The maximum absolute atomic E-state index is 13.2. The maximum Gasteiger partial charge on any atom is 0.322 e. The van der Waals surface area contributed by atoms with Crippen LogP contribution in [0.25, 0.3) is 0 Å². The molecule has 1 N–H and O–H groups in total. The van der Waals surface area contributed by atoms with E-state index in [2.05, 4.69) is 21.7 Å². The molecule has 2 amide bonds. The Bertz CT molecular complexity index is 915. The van der Waals surface area contributed by atoms with E-state index in [4.69, 9.17) is 4.74 Å². The Hall–Kier alpha value is -2.93. The van der Waals surface area contributed by atoms with Crippen LogP contribution in [-0.4, -0.2) is 22.5 Å². The predicted octanol–water partition coefficient (Wildman–Crippen LogP) is 5.44. The van der Waals surface area contributed by atoms with E-state index in [0.29, 0.717) is 17.3 Å². The van der Waals surface area contributed by atoms with Crippen LogP contribution in [0.15, 0.2) is 59.4 Å². The molecule has 1 fully saturated rings. The van der Waals surface area contributed by atoms with Crippen molar-refractivity contribution in [2.45, 2.75) is 18.9 Å². The fourth-order valence-corrected chi connectivity index (χ4v) is 3.89. The minimum atomic E-state index is -0.373. The Balaban J connectivity index is 1.40. The molecule has 27 heavy (non-hydrogen) atoms. The molecule has 0 radical (unpaired) electrons. The first-order valence-corrected chi connectivity index (χ1v) is 9.62.